The van der Waals surface area contributed by atoms with Crippen molar-refractivity contribution in [2.75, 3.05) is 20.2 Å². The van der Waals surface area contributed by atoms with Crippen LogP contribution in [0.2, 0.25) is 0 Å². The lowest BCUT2D eigenvalue weighted by atomic mass is 9.90. The lowest BCUT2D eigenvalue weighted by Gasteiger charge is -2.35. The Kier molecular flexibility index (Phi) is 5.63. The van der Waals surface area contributed by atoms with E-state index in [1.165, 1.54) is 11.1 Å². The first-order valence-electron chi connectivity index (χ1n) is 9.88. The Hall–Kier alpha value is -2.79. The van der Waals surface area contributed by atoms with E-state index in [4.69, 9.17) is 4.74 Å². The number of rotatable bonds is 6. The Morgan fingerprint density at radius 3 is 2.61 bits per heavy atom. The molecule has 2 aliphatic heterocycles. The smallest absolute Gasteiger partial charge is 0.318 e. The number of nitrogens with zero attached hydrogens (tertiary/aromatic N) is 1. The minimum atomic E-state index is 0.00672. The molecule has 0 saturated carbocycles. The molecule has 4 rings (SSSR count). The van der Waals surface area contributed by atoms with Crippen molar-refractivity contribution in [3.63, 3.8) is 0 Å². The van der Waals surface area contributed by atoms with E-state index in [2.05, 4.69) is 41.0 Å². The number of carbonyl (C=O) groups is 1. The molecule has 2 atom stereocenters. The number of carbonyl (C=O) groups excluding carboxylic acids is 1. The van der Waals surface area contributed by atoms with E-state index in [-0.39, 0.29) is 18.1 Å². The van der Waals surface area contributed by atoms with Crippen molar-refractivity contribution in [3.8, 4) is 5.75 Å². The number of urea groups is 1. The fourth-order valence-electron chi connectivity index (χ4n) is 4.12. The highest BCUT2D eigenvalue weighted by Crippen LogP contribution is 2.25. The number of ether oxygens (including phenoxy) is 1. The summed E-state index contributed by atoms with van der Waals surface area (Å²) in [5.74, 6) is 0.827. The summed E-state index contributed by atoms with van der Waals surface area (Å²) in [5, 5.41) is 6.70. The Bertz CT molecular complexity index is 833. The third-order valence-electron chi connectivity index (χ3n) is 5.59. The number of benzene rings is 2. The lowest BCUT2D eigenvalue weighted by molar-refractivity contribution is 0.190. The second-order valence-corrected chi connectivity index (χ2v) is 7.39. The average Bonchev–Trinajstić information content (AvgIpc) is 3.10. The Morgan fingerprint density at radius 2 is 1.86 bits per heavy atom. The molecule has 0 bridgehead atoms. The first-order valence-corrected chi connectivity index (χ1v) is 9.88. The molecule has 0 radical (unpaired) electrons. The molecule has 0 spiro atoms. The lowest BCUT2D eigenvalue weighted by Crippen LogP contribution is -2.51. The van der Waals surface area contributed by atoms with Crippen LogP contribution in [0.15, 0.2) is 66.2 Å². The molecule has 1 saturated heterocycles. The molecule has 0 aromatic heterocycles. The molecule has 2 heterocycles. The minimum absolute atomic E-state index is 0.00672. The van der Waals surface area contributed by atoms with Crippen molar-refractivity contribution < 1.29 is 9.53 Å². The molecule has 2 aromatic rings. The third kappa shape index (κ3) is 4.04. The molecule has 0 aliphatic carbocycles. The van der Waals surface area contributed by atoms with Gasteiger partial charge in [-0.05, 0) is 42.6 Å². The highest BCUT2D eigenvalue weighted by Gasteiger charge is 2.38. The number of amides is 2. The maximum absolute atomic E-state index is 12.6. The summed E-state index contributed by atoms with van der Waals surface area (Å²) in [5.41, 5.74) is 3.78. The van der Waals surface area contributed by atoms with Gasteiger partial charge in [0.25, 0.3) is 0 Å². The van der Waals surface area contributed by atoms with E-state index in [1.54, 1.807) is 7.11 Å². The van der Waals surface area contributed by atoms with Crippen LogP contribution in [-0.4, -0.2) is 43.2 Å². The van der Waals surface area contributed by atoms with E-state index in [1.807, 2.05) is 35.2 Å². The molecule has 2 N–H and O–H groups in total. The monoisotopic (exact) mass is 377 g/mol. The zero-order valence-electron chi connectivity index (χ0n) is 16.2. The summed E-state index contributed by atoms with van der Waals surface area (Å²) in [4.78, 5) is 14.5. The predicted molar refractivity (Wildman–Crippen MR) is 110 cm³/mol. The van der Waals surface area contributed by atoms with Gasteiger partial charge in [0, 0.05) is 13.1 Å². The summed E-state index contributed by atoms with van der Waals surface area (Å²) >= 11 is 0. The van der Waals surface area contributed by atoms with Gasteiger partial charge in [-0.15, -0.1) is 0 Å². The van der Waals surface area contributed by atoms with E-state index in [0.717, 1.165) is 30.7 Å². The van der Waals surface area contributed by atoms with Crippen molar-refractivity contribution in [3.05, 3.63) is 77.4 Å². The zero-order valence-corrected chi connectivity index (χ0v) is 16.2. The Morgan fingerprint density at radius 1 is 1.07 bits per heavy atom. The summed E-state index contributed by atoms with van der Waals surface area (Å²) in [7, 11) is 1.66. The van der Waals surface area contributed by atoms with Gasteiger partial charge in [0.15, 0.2) is 0 Å². The third-order valence-corrected chi connectivity index (χ3v) is 5.59. The van der Waals surface area contributed by atoms with Crippen LogP contribution in [0.25, 0.3) is 0 Å². The van der Waals surface area contributed by atoms with Crippen LogP contribution in [0, 0.1) is 0 Å². The van der Waals surface area contributed by atoms with Crippen LogP contribution in [0.4, 0.5) is 4.79 Å². The van der Waals surface area contributed by atoms with Crippen LogP contribution in [0.5, 0.6) is 5.75 Å². The van der Waals surface area contributed by atoms with E-state index < -0.39 is 0 Å². The summed E-state index contributed by atoms with van der Waals surface area (Å²) < 4.78 is 5.24. The van der Waals surface area contributed by atoms with Gasteiger partial charge in [0.05, 0.1) is 19.2 Å². The number of hydrogen-bond acceptors (Lipinski definition) is 3. The minimum Gasteiger partial charge on any atom is -0.497 e. The quantitative estimate of drug-likeness (QED) is 0.761. The van der Waals surface area contributed by atoms with Gasteiger partial charge < -0.3 is 20.3 Å². The van der Waals surface area contributed by atoms with Crippen LogP contribution in [-0.2, 0) is 13.0 Å². The first-order chi connectivity index (χ1) is 13.7. The van der Waals surface area contributed by atoms with Gasteiger partial charge in [0.1, 0.15) is 5.75 Å². The van der Waals surface area contributed by atoms with Crippen molar-refractivity contribution >= 4 is 6.03 Å². The standard InChI is InChI=1S/C23H27N3O2/c1-28-20-11-9-18(10-12-20)16-26-21(15-25-23(26)27)22-19(8-5-13-24-22)14-17-6-3-2-4-7-17/h2-4,6-12,21-22,24H,5,13-16H2,1H3,(H,25,27). The Labute approximate surface area is 166 Å². The largest absolute Gasteiger partial charge is 0.497 e. The maximum atomic E-state index is 12.6. The predicted octanol–water partition coefficient (Wildman–Crippen LogP) is 3.12. The highest BCUT2D eigenvalue weighted by molar-refractivity contribution is 5.77. The molecule has 1 fully saturated rings. The van der Waals surface area contributed by atoms with Crippen LogP contribution < -0.4 is 15.4 Å². The van der Waals surface area contributed by atoms with Gasteiger partial charge in [0.2, 0.25) is 0 Å². The number of nitrogens with one attached hydrogen (secondary N) is 2. The fourth-order valence-corrected chi connectivity index (χ4v) is 4.12. The molecule has 146 valence electrons. The molecule has 2 unspecified atom stereocenters. The topological polar surface area (TPSA) is 53.6 Å². The van der Waals surface area contributed by atoms with Crippen molar-refractivity contribution in [1.29, 1.82) is 0 Å². The van der Waals surface area contributed by atoms with Gasteiger partial charge in [-0.25, -0.2) is 4.79 Å². The van der Waals surface area contributed by atoms with Gasteiger partial charge in [-0.1, -0.05) is 54.1 Å². The molecule has 28 heavy (non-hydrogen) atoms. The second-order valence-electron chi connectivity index (χ2n) is 7.39. The fraction of sp³-hybridized carbons (Fsp3) is 0.348. The van der Waals surface area contributed by atoms with Crippen LogP contribution in [0.3, 0.4) is 0 Å². The molecule has 2 aliphatic rings. The average molecular weight is 377 g/mol. The van der Waals surface area contributed by atoms with Crippen LogP contribution >= 0.6 is 0 Å². The highest BCUT2D eigenvalue weighted by atomic mass is 16.5. The van der Waals surface area contributed by atoms with Crippen molar-refractivity contribution in [2.45, 2.75) is 31.5 Å². The summed E-state index contributed by atoms with van der Waals surface area (Å²) in [6.07, 6.45) is 4.30. The van der Waals surface area contributed by atoms with Crippen LogP contribution in [0.1, 0.15) is 17.5 Å². The van der Waals surface area contributed by atoms with Gasteiger partial charge in [-0.3, -0.25) is 0 Å². The zero-order chi connectivity index (χ0) is 19.3. The molecular weight excluding hydrogens is 350 g/mol. The van der Waals surface area contributed by atoms with Crippen molar-refractivity contribution in [1.82, 2.24) is 15.5 Å². The number of methoxy groups -OCH3 is 1. The van der Waals surface area contributed by atoms with E-state index in [0.29, 0.717) is 13.1 Å². The van der Waals surface area contributed by atoms with E-state index in [9.17, 15) is 4.79 Å². The SMILES string of the molecule is COc1ccc(CN2C(=O)NCC2C2NCCC=C2Cc2ccccc2)cc1. The normalized spacial score (nSPS) is 22.0. The molecular formula is C23H27N3O2. The molecule has 5 nitrogen and oxygen atoms in total. The van der Waals surface area contributed by atoms with Gasteiger partial charge >= 0.3 is 6.03 Å². The molecule has 5 heteroatoms. The Balaban J connectivity index is 1.52. The van der Waals surface area contributed by atoms with Crippen molar-refractivity contribution in [2.24, 2.45) is 0 Å². The maximum Gasteiger partial charge on any atom is 0.318 e. The second kappa shape index (κ2) is 8.48. The number of hydrogen-bond donors (Lipinski definition) is 2. The molecule has 2 aromatic carbocycles. The summed E-state index contributed by atoms with van der Waals surface area (Å²) in [6.45, 7) is 2.21. The first kappa shape index (κ1) is 18.6. The molecule has 2 amide bonds. The summed E-state index contributed by atoms with van der Waals surface area (Å²) in [6, 6.07) is 18.8. The van der Waals surface area contributed by atoms with E-state index >= 15 is 0 Å². The van der Waals surface area contributed by atoms with Gasteiger partial charge in [-0.2, -0.15) is 0 Å².